The molecule has 4 nitrogen and oxygen atoms in total. The topological polar surface area (TPSA) is 44.8 Å². The van der Waals surface area contributed by atoms with E-state index in [0.29, 0.717) is 5.57 Å². The summed E-state index contributed by atoms with van der Waals surface area (Å²) in [6.45, 7) is 4.20. The molecule has 0 fully saturated rings. The zero-order valence-electron chi connectivity index (χ0n) is 16.7. The van der Waals surface area contributed by atoms with Crippen molar-refractivity contribution in [3.63, 3.8) is 0 Å². The highest BCUT2D eigenvalue weighted by atomic mass is 32.2. The van der Waals surface area contributed by atoms with Crippen molar-refractivity contribution in [2.24, 2.45) is 0 Å². The maximum atomic E-state index is 13.3. The zero-order valence-corrected chi connectivity index (χ0v) is 17.5. The quantitative estimate of drug-likeness (QED) is 0.138. The smallest absolute Gasteiger partial charge is 0.420 e. The van der Waals surface area contributed by atoms with Gasteiger partial charge in [-0.3, -0.25) is 4.79 Å². The molecule has 0 aromatic heterocycles. The van der Waals surface area contributed by atoms with Crippen LogP contribution in [0.5, 0.6) is 11.5 Å². The molecule has 2 rings (SSSR count). The predicted molar refractivity (Wildman–Crippen MR) is 106 cm³/mol. The predicted octanol–water partition coefficient (Wildman–Crippen LogP) is 6.35. The monoisotopic (exact) mass is 480 g/mol. The minimum absolute atomic E-state index is 0.0198. The number of hydrogen-bond donors (Lipinski definition) is 0. The van der Waals surface area contributed by atoms with E-state index < -0.39 is 42.0 Å². The first kappa shape index (κ1) is 25.4. The van der Waals surface area contributed by atoms with Gasteiger partial charge in [-0.2, -0.15) is 26.3 Å². The molecule has 0 heterocycles. The van der Waals surface area contributed by atoms with Crippen LogP contribution in [-0.2, 0) is 21.9 Å². The number of hydrogen-bond acceptors (Lipinski definition) is 5. The van der Waals surface area contributed by atoms with Gasteiger partial charge in [-0.1, -0.05) is 6.58 Å². The van der Waals surface area contributed by atoms with Crippen LogP contribution in [0.1, 0.15) is 18.1 Å². The number of rotatable bonds is 9. The van der Waals surface area contributed by atoms with E-state index in [0.717, 1.165) is 43.0 Å². The van der Waals surface area contributed by atoms with Gasteiger partial charge in [0.1, 0.15) is 18.1 Å². The molecule has 0 radical (unpaired) electrons. The van der Waals surface area contributed by atoms with Gasteiger partial charge in [-0.15, -0.1) is 11.8 Å². The fourth-order valence-electron chi connectivity index (χ4n) is 2.27. The Bertz CT molecular complexity index is 939. The van der Waals surface area contributed by atoms with Crippen molar-refractivity contribution < 1.29 is 45.3 Å². The van der Waals surface area contributed by atoms with Crippen molar-refractivity contribution in [3.05, 3.63) is 65.7 Å². The molecular weight excluding hydrogens is 462 g/mol. The second-order valence-corrected chi connectivity index (χ2v) is 7.45. The van der Waals surface area contributed by atoms with Crippen molar-refractivity contribution in [2.45, 2.75) is 24.2 Å². The minimum atomic E-state index is -4.69. The Kier molecular flexibility index (Phi) is 8.48. The number of thioether (sulfide) groups is 1. The number of ether oxygens (including phenoxy) is 3. The van der Waals surface area contributed by atoms with Crippen LogP contribution in [0.3, 0.4) is 0 Å². The Morgan fingerprint density at radius 2 is 1.62 bits per heavy atom. The van der Waals surface area contributed by atoms with Gasteiger partial charge >= 0.3 is 18.3 Å². The lowest BCUT2D eigenvalue weighted by atomic mass is 10.2. The molecule has 0 aliphatic rings. The van der Waals surface area contributed by atoms with Gasteiger partial charge in [0.15, 0.2) is 0 Å². The first-order valence-electron chi connectivity index (χ1n) is 8.93. The van der Waals surface area contributed by atoms with Gasteiger partial charge in [0.05, 0.1) is 11.1 Å². The fraction of sp³-hybridized carbons (Fsp3) is 0.286. The Morgan fingerprint density at radius 1 is 0.969 bits per heavy atom. The van der Waals surface area contributed by atoms with E-state index in [2.05, 4.69) is 11.3 Å². The molecule has 0 atom stereocenters. The minimum Gasteiger partial charge on any atom is -0.489 e. The maximum absolute atomic E-state index is 13.3. The van der Waals surface area contributed by atoms with E-state index in [-0.39, 0.29) is 23.0 Å². The Labute approximate surface area is 184 Å². The van der Waals surface area contributed by atoms with E-state index in [1.807, 2.05) is 0 Å². The SMILES string of the molecule is C=C(COc1ccc(C(F)(F)F)cc1)CSc1ccc(OCOC(C)=O)c(C(F)(F)F)c1. The summed E-state index contributed by atoms with van der Waals surface area (Å²) >= 11 is 1.07. The summed E-state index contributed by atoms with van der Waals surface area (Å²) < 4.78 is 92.4. The van der Waals surface area contributed by atoms with Crippen molar-refractivity contribution in [3.8, 4) is 11.5 Å². The van der Waals surface area contributed by atoms with Gasteiger partial charge in [0.25, 0.3) is 0 Å². The summed E-state index contributed by atoms with van der Waals surface area (Å²) in [5, 5.41) is 0. The Balaban J connectivity index is 1.93. The van der Waals surface area contributed by atoms with Gasteiger partial charge in [-0.25, -0.2) is 0 Å². The first-order chi connectivity index (χ1) is 14.9. The van der Waals surface area contributed by atoms with Crippen LogP contribution in [0.2, 0.25) is 0 Å². The molecule has 2 aromatic rings. The molecule has 0 spiro atoms. The fourth-order valence-corrected chi connectivity index (χ4v) is 3.09. The molecule has 0 saturated heterocycles. The molecule has 0 aliphatic carbocycles. The Hall–Kier alpha value is -2.82. The van der Waals surface area contributed by atoms with Gasteiger partial charge in [0.2, 0.25) is 6.79 Å². The van der Waals surface area contributed by atoms with Crippen molar-refractivity contribution in [1.82, 2.24) is 0 Å². The number of benzene rings is 2. The number of esters is 1. The van der Waals surface area contributed by atoms with Crippen LogP contribution in [0.4, 0.5) is 26.3 Å². The third-order valence-corrected chi connectivity index (χ3v) is 4.94. The summed E-state index contributed by atoms with van der Waals surface area (Å²) in [7, 11) is 0. The third-order valence-electron chi connectivity index (χ3n) is 3.80. The largest absolute Gasteiger partial charge is 0.489 e. The van der Waals surface area contributed by atoms with Crippen molar-refractivity contribution >= 4 is 17.7 Å². The molecule has 0 N–H and O–H groups in total. The molecule has 0 aliphatic heterocycles. The highest BCUT2D eigenvalue weighted by molar-refractivity contribution is 7.99. The molecular formula is C21H18F6O4S. The molecule has 174 valence electrons. The van der Waals surface area contributed by atoms with Gasteiger partial charge in [0, 0.05) is 17.6 Å². The average Bonchev–Trinajstić information content (AvgIpc) is 2.70. The van der Waals surface area contributed by atoms with Crippen LogP contribution in [0.25, 0.3) is 0 Å². The number of alkyl halides is 6. The van der Waals surface area contributed by atoms with Crippen molar-refractivity contribution in [2.75, 3.05) is 19.2 Å². The van der Waals surface area contributed by atoms with Crippen LogP contribution in [0, 0.1) is 0 Å². The lowest BCUT2D eigenvalue weighted by molar-refractivity contribution is -0.149. The normalized spacial score (nSPS) is 11.7. The average molecular weight is 480 g/mol. The highest BCUT2D eigenvalue weighted by Gasteiger charge is 2.35. The summed E-state index contributed by atoms with van der Waals surface area (Å²) in [5.74, 6) is -0.751. The summed E-state index contributed by atoms with van der Waals surface area (Å²) in [5.41, 5.74) is -1.32. The molecule has 11 heteroatoms. The van der Waals surface area contributed by atoms with E-state index in [4.69, 9.17) is 9.47 Å². The van der Waals surface area contributed by atoms with Crippen LogP contribution < -0.4 is 9.47 Å². The first-order valence-corrected chi connectivity index (χ1v) is 9.91. The van der Waals surface area contributed by atoms with Gasteiger partial charge < -0.3 is 14.2 Å². The molecule has 2 aromatic carbocycles. The second-order valence-electron chi connectivity index (χ2n) is 6.40. The highest BCUT2D eigenvalue weighted by Crippen LogP contribution is 2.39. The number of carbonyl (C=O) groups excluding carboxylic acids is 1. The maximum Gasteiger partial charge on any atom is 0.420 e. The summed E-state index contributed by atoms with van der Waals surface area (Å²) in [6.07, 6.45) is -9.14. The lowest BCUT2D eigenvalue weighted by Gasteiger charge is -2.15. The molecule has 0 unspecified atom stereocenters. The lowest BCUT2D eigenvalue weighted by Crippen LogP contribution is -2.12. The van der Waals surface area contributed by atoms with Crippen molar-refractivity contribution in [1.29, 1.82) is 0 Å². The molecule has 0 bridgehead atoms. The molecule has 32 heavy (non-hydrogen) atoms. The van der Waals surface area contributed by atoms with Gasteiger partial charge in [-0.05, 0) is 48.0 Å². The second kappa shape index (κ2) is 10.7. The number of halogens is 6. The van der Waals surface area contributed by atoms with Crippen LogP contribution >= 0.6 is 11.8 Å². The molecule has 0 saturated carbocycles. The third kappa shape index (κ3) is 8.03. The summed E-state index contributed by atoms with van der Waals surface area (Å²) in [6, 6.07) is 7.55. The van der Waals surface area contributed by atoms with E-state index in [1.165, 1.54) is 18.2 Å². The van der Waals surface area contributed by atoms with Crippen LogP contribution in [0.15, 0.2) is 59.5 Å². The molecule has 0 amide bonds. The van der Waals surface area contributed by atoms with Crippen LogP contribution in [-0.4, -0.2) is 25.1 Å². The Morgan fingerprint density at radius 3 is 2.19 bits per heavy atom. The van der Waals surface area contributed by atoms with E-state index >= 15 is 0 Å². The standard InChI is InChI=1S/C21H18F6O4S/c1-13(10-29-16-5-3-15(4-6-16)20(22,23)24)11-32-17-7-8-19(31-12-30-14(2)28)18(9-17)21(25,26)27/h3-9H,1,10-12H2,2H3. The van der Waals surface area contributed by atoms with E-state index in [9.17, 15) is 31.1 Å². The number of carbonyl (C=O) groups is 1. The zero-order chi connectivity index (χ0) is 23.9. The summed E-state index contributed by atoms with van der Waals surface area (Å²) in [4.78, 5) is 11.0. The van der Waals surface area contributed by atoms with E-state index in [1.54, 1.807) is 0 Å².